The maximum absolute atomic E-state index is 12.6. The summed E-state index contributed by atoms with van der Waals surface area (Å²) in [5, 5.41) is 8.05. The van der Waals surface area contributed by atoms with Gasteiger partial charge in [0.1, 0.15) is 0 Å². The van der Waals surface area contributed by atoms with Crippen molar-refractivity contribution in [2.45, 2.75) is 26.3 Å². The second-order valence-electron chi connectivity index (χ2n) is 4.73. The molecule has 0 bridgehead atoms. The lowest BCUT2D eigenvalue weighted by Gasteiger charge is -2.19. The summed E-state index contributed by atoms with van der Waals surface area (Å²) in [6, 6.07) is 7.57. The fourth-order valence-corrected chi connectivity index (χ4v) is 2.37. The Labute approximate surface area is 111 Å². The molecular formula is C14H16N4O. The second-order valence-corrected chi connectivity index (χ2v) is 4.73. The molecule has 0 radical (unpaired) electrons. The van der Waals surface area contributed by atoms with E-state index in [1.807, 2.05) is 29.2 Å². The van der Waals surface area contributed by atoms with Crippen LogP contribution in [0.5, 0.6) is 0 Å². The van der Waals surface area contributed by atoms with Gasteiger partial charge in [-0.15, -0.1) is 5.10 Å². The van der Waals surface area contributed by atoms with Crippen LogP contribution in [0.1, 0.15) is 35.8 Å². The fraction of sp³-hybridized carbons (Fsp3) is 0.357. The lowest BCUT2D eigenvalue weighted by molar-refractivity contribution is 0.0744. The van der Waals surface area contributed by atoms with E-state index in [4.69, 9.17) is 0 Å². The summed E-state index contributed by atoms with van der Waals surface area (Å²) in [6.07, 6.45) is 3.81. The van der Waals surface area contributed by atoms with Crippen LogP contribution in [0.4, 0.5) is 0 Å². The van der Waals surface area contributed by atoms with Crippen LogP contribution in [0.15, 0.2) is 30.5 Å². The summed E-state index contributed by atoms with van der Waals surface area (Å²) in [5.41, 5.74) is 2.47. The molecule has 0 saturated heterocycles. The van der Waals surface area contributed by atoms with E-state index in [-0.39, 0.29) is 5.91 Å². The highest BCUT2D eigenvalue weighted by Crippen LogP contribution is 2.23. The Morgan fingerprint density at radius 3 is 3.00 bits per heavy atom. The third kappa shape index (κ3) is 2.01. The van der Waals surface area contributed by atoms with Gasteiger partial charge in [0.05, 0.1) is 29.7 Å². The fourth-order valence-electron chi connectivity index (χ4n) is 2.37. The molecule has 0 fully saturated rings. The number of para-hydroxylation sites is 1. The number of hydrogen-bond acceptors (Lipinski definition) is 3. The largest absolute Gasteiger partial charge is 0.333 e. The van der Waals surface area contributed by atoms with Crippen LogP contribution in [-0.2, 0) is 6.54 Å². The van der Waals surface area contributed by atoms with Crippen LogP contribution in [0.25, 0.3) is 5.69 Å². The van der Waals surface area contributed by atoms with E-state index in [2.05, 4.69) is 17.2 Å². The molecule has 2 aromatic rings. The van der Waals surface area contributed by atoms with Gasteiger partial charge in [-0.05, 0) is 18.6 Å². The predicted molar refractivity (Wildman–Crippen MR) is 71.0 cm³/mol. The molecule has 0 atom stereocenters. The van der Waals surface area contributed by atoms with Crippen LogP contribution in [-0.4, -0.2) is 32.3 Å². The first-order valence-corrected chi connectivity index (χ1v) is 6.59. The van der Waals surface area contributed by atoms with Crippen LogP contribution >= 0.6 is 0 Å². The highest BCUT2D eigenvalue weighted by molar-refractivity contribution is 5.98. The van der Waals surface area contributed by atoms with Crippen LogP contribution in [0.3, 0.4) is 0 Å². The zero-order valence-corrected chi connectivity index (χ0v) is 10.9. The molecule has 1 amide bonds. The normalized spacial score (nSPS) is 13.9. The summed E-state index contributed by atoms with van der Waals surface area (Å²) in [7, 11) is 0. The van der Waals surface area contributed by atoms with Gasteiger partial charge in [-0.1, -0.05) is 30.7 Å². The first-order chi connectivity index (χ1) is 9.31. The summed E-state index contributed by atoms with van der Waals surface area (Å²) >= 11 is 0. The molecule has 98 valence electrons. The number of rotatable bonds is 3. The minimum Gasteiger partial charge on any atom is -0.333 e. The molecule has 5 heteroatoms. The smallest absolute Gasteiger partial charge is 0.256 e. The minimum atomic E-state index is 0.0783. The van der Waals surface area contributed by atoms with Crippen LogP contribution < -0.4 is 0 Å². The molecule has 1 aromatic heterocycles. The average Bonchev–Trinajstić information content (AvgIpc) is 2.86. The first kappa shape index (κ1) is 11.9. The average molecular weight is 256 g/mol. The number of unbranched alkanes of at least 4 members (excludes halogenated alkanes) is 1. The van der Waals surface area contributed by atoms with E-state index < -0.39 is 0 Å². The number of benzene rings is 1. The summed E-state index contributed by atoms with van der Waals surface area (Å²) in [6.45, 7) is 3.47. The zero-order chi connectivity index (χ0) is 13.2. The van der Waals surface area contributed by atoms with Gasteiger partial charge in [-0.3, -0.25) is 4.79 Å². The number of nitrogens with zero attached hydrogens (tertiary/aromatic N) is 4. The first-order valence-electron chi connectivity index (χ1n) is 6.59. The Hall–Kier alpha value is -2.17. The monoisotopic (exact) mass is 256 g/mol. The van der Waals surface area contributed by atoms with E-state index in [0.717, 1.165) is 30.8 Å². The van der Waals surface area contributed by atoms with E-state index >= 15 is 0 Å². The number of carbonyl (C=O) groups is 1. The van der Waals surface area contributed by atoms with Gasteiger partial charge in [-0.25, -0.2) is 4.68 Å². The molecule has 5 nitrogen and oxygen atoms in total. The molecule has 1 aliphatic rings. The molecule has 0 N–H and O–H groups in total. The van der Waals surface area contributed by atoms with Crippen molar-refractivity contribution in [3.8, 4) is 5.69 Å². The highest BCUT2D eigenvalue weighted by Gasteiger charge is 2.25. The highest BCUT2D eigenvalue weighted by atomic mass is 16.2. The maximum Gasteiger partial charge on any atom is 0.256 e. The lowest BCUT2D eigenvalue weighted by Crippen LogP contribution is -2.30. The topological polar surface area (TPSA) is 51.0 Å². The molecular weight excluding hydrogens is 240 g/mol. The van der Waals surface area contributed by atoms with Crippen molar-refractivity contribution in [2.24, 2.45) is 0 Å². The Bertz CT molecular complexity index is 605. The number of hydrogen-bond donors (Lipinski definition) is 0. The van der Waals surface area contributed by atoms with Crippen molar-refractivity contribution in [3.05, 3.63) is 41.7 Å². The van der Waals surface area contributed by atoms with E-state index in [1.54, 1.807) is 10.9 Å². The molecule has 0 spiro atoms. The van der Waals surface area contributed by atoms with Crippen molar-refractivity contribution in [1.29, 1.82) is 0 Å². The maximum atomic E-state index is 12.6. The standard InChI is InChI=1S/C14H16N4O/c1-2-3-8-17-10-11-9-15-16-18(11)13-7-5-4-6-12(13)14(17)19/h4-7,9H,2-3,8,10H2,1H3. The number of carbonyl (C=O) groups excluding carboxylic acids is 1. The van der Waals surface area contributed by atoms with Gasteiger partial charge >= 0.3 is 0 Å². The molecule has 2 heterocycles. The molecule has 0 aliphatic carbocycles. The summed E-state index contributed by atoms with van der Waals surface area (Å²) in [4.78, 5) is 14.5. The van der Waals surface area contributed by atoms with E-state index in [9.17, 15) is 4.79 Å². The summed E-state index contributed by atoms with van der Waals surface area (Å²) < 4.78 is 1.76. The third-order valence-electron chi connectivity index (χ3n) is 3.40. The van der Waals surface area contributed by atoms with Gasteiger partial charge in [-0.2, -0.15) is 0 Å². The Kier molecular flexibility index (Phi) is 3.03. The Balaban J connectivity index is 2.08. The Morgan fingerprint density at radius 2 is 2.16 bits per heavy atom. The quantitative estimate of drug-likeness (QED) is 0.844. The predicted octanol–water partition coefficient (Wildman–Crippen LogP) is 2.02. The second kappa shape index (κ2) is 4.84. The molecule has 19 heavy (non-hydrogen) atoms. The van der Waals surface area contributed by atoms with Gasteiger partial charge in [0.15, 0.2) is 0 Å². The van der Waals surface area contributed by atoms with Gasteiger partial charge < -0.3 is 4.90 Å². The number of aromatic nitrogens is 3. The SMILES string of the molecule is CCCCN1Cc2cnnn2-c2ccccc2C1=O. The lowest BCUT2D eigenvalue weighted by atomic mass is 10.1. The zero-order valence-electron chi connectivity index (χ0n) is 10.9. The van der Waals surface area contributed by atoms with Crippen molar-refractivity contribution in [1.82, 2.24) is 19.9 Å². The number of amides is 1. The molecule has 0 unspecified atom stereocenters. The third-order valence-corrected chi connectivity index (χ3v) is 3.40. The van der Waals surface area contributed by atoms with Gasteiger partial charge in [0.25, 0.3) is 5.91 Å². The minimum absolute atomic E-state index is 0.0783. The van der Waals surface area contributed by atoms with Crippen molar-refractivity contribution < 1.29 is 4.79 Å². The molecule has 1 aromatic carbocycles. The van der Waals surface area contributed by atoms with Crippen molar-refractivity contribution in [2.75, 3.05) is 6.54 Å². The van der Waals surface area contributed by atoms with Crippen LogP contribution in [0, 0.1) is 0 Å². The van der Waals surface area contributed by atoms with E-state index in [1.165, 1.54) is 0 Å². The van der Waals surface area contributed by atoms with Gasteiger partial charge in [0, 0.05) is 6.54 Å². The number of fused-ring (bicyclic) bond motifs is 3. The molecule has 0 saturated carbocycles. The Morgan fingerprint density at radius 1 is 1.32 bits per heavy atom. The van der Waals surface area contributed by atoms with Crippen molar-refractivity contribution in [3.63, 3.8) is 0 Å². The molecule has 1 aliphatic heterocycles. The van der Waals surface area contributed by atoms with Crippen molar-refractivity contribution >= 4 is 5.91 Å². The van der Waals surface area contributed by atoms with E-state index in [0.29, 0.717) is 12.1 Å². The van der Waals surface area contributed by atoms with Crippen LogP contribution in [0.2, 0.25) is 0 Å². The summed E-state index contributed by atoms with van der Waals surface area (Å²) in [5.74, 6) is 0.0783. The molecule has 3 rings (SSSR count). The van der Waals surface area contributed by atoms with Gasteiger partial charge in [0.2, 0.25) is 0 Å².